The maximum absolute atomic E-state index is 13.2. The second kappa shape index (κ2) is 18.9. The van der Waals surface area contributed by atoms with E-state index < -0.39 is 7.82 Å². The third kappa shape index (κ3) is 15.2. The Labute approximate surface area is 226 Å². The third-order valence-electron chi connectivity index (χ3n) is 6.05. The van der Waals surface area contributed by atoms with E-state index >= 15 is 0 Å². The van der Waals surface area contributed by atoms with Gasteiger partial charge in [0.05, 0.1) is 13.2 Å². The van der Waals surface area contributed by atoms with Crippen molar-refractivity contribution in [3.05, 3.63) is 65.5 Å². The van der Waals surface area contributed by atoms with Crippen LogP contribution < -0.4 is 10.9 Å². The largest absolute Gasteiger partial charge is 0.494 e. The van der Waals surface area contributed by atoms with Gasteiger partial charge in [0, 0.05) is 19.5 Å². The molecule has 0 aliphatic rings. The van der Waals surface area contributed by atoms with E-state index in [1.165, 1.54) is 55.6 Å². The van der Waals surface area contributed by atoms with Crippen molar-refractivity contribution in [1.82, 2.24) is 11.1 Å². The molecule has 8 nitrogen and oxygen atoms in total. The molecule has 0 aromatic heterocycles. The molecule has 0 spiro atoms. The van der Waals surface area contributed by atoms with E-state index in [0.717, 1.165) is 24.2 Å². The Morgan fingerprint density at radius 2 is 1.58 bits per heavy atom. The summed E-state index contributed by atoms with van der Waals surface area (Å²) in [6.07, 6.45) is 10.6. The molecule has 1 amide bonds. The molecule has 0 radical (unpaired) electrons. The van der Waals surface area contributed by atoms with Gasteiger partial charge >= 0.3 is 7.82 Å². The SMILES string of the molecule is CCCCCCCCCCOc1cccc(CCC(=O)N(CCOP(=O)(O)O)Cc2ccc(F)cc2)c1.N. The maximum Gasteiger partial charge on any atom is 0.469 e. The van der Waals surface area contributed by atoms with Crippen molar-refractivity contribution in [2.45, 2.75) is 77.7 Å². The molecular weight excluding hydrogens is 510 g/mol. The highest BCUT2D eigenvalue weighted by molar-refractivity contribution is 7.46. The number of benzene rings is 2. The van der Waals surface area contributed by atoms with Crippen LogP contribution in [0, 0.1) is 5.82 Å². The number of rotatable bonds is 19. The number of nitrogens with zero attached hydrogens (tertiary/aromatic N) is 1. The van der Waals surface area contributed by atoms with E-state index in [0.29, 0.717) is 18.6 Å². The van der Waals surface area contributed by atoms with E-state index in [2.05, 4.69) is 11.4 Å². The highest BCUT2D eigenvalue weighted by Gasteiger charge is 2.18. The second-order valence-corrected chi connectivity index (χ2v) is 10.5. The molecule has 0 aliphatic carbocycles. The molecule has 2 aromatic rings. The minimum absolute atomic E-state index is 0. The first-order valence-electron chi connectivity index (χ1n) is 13.2. The molecule has 0 heterocycles. The lowest BCUT2D eigenvalue weighted by Gasteiger charge is -2.23. The van der Waals surface area contributed by atoms with Crippen LogP contribution >= 0.6 is 7.82 Å². The zero-order chi connectivity index (χ0) is 26.9. The predicted molar refractivity (Wildman–Crippen MR) is 148 cm³/mol. The van der Waals surface area contributed by atoms with Gasteiger partial charge in [-0.2, -0.15) is 0 Å². The normalized spacial score (nSPS) is 11.2. The first-order chi connectivity index (χ1) is 17.8. The van der Waals surface area contributed by atoms with Crippen LogP contribution in [-0.2, 0) is 26.8 Å². The lowest BCUT2D eigenvalue weighted by molar-refractivity contribution is -0.132. The summed E-state index contributed by atoms with van der Waals surface area (Å²) in [7, 11) is -4.63. The maximum atomic E-state index is 13.2. The Hall–Kier alpha value is -2.29. The minimum Gasteiger partial charge on any atom is -0.494 e. The van der Waals surface area contributed by atoms with E-state index in [9.17, 15) is 13.8 Å². The van der Waals surface area contributed by atoms with E-state index in [1.807, 2.05) is 24.3 Å². The number of halogens is 1. The molecule has 0 atom stereocenters. The number of phosphoric ester groups is 1. The van der Waals surface area contributed by atoms with Gasteiger partial charge in [0.2, 0.25) is 5.91 Å². The Kier molecular flexibility index (Phi) is 16.8. The Bertz CT molecular complexity index is 970. The van der Waals surface area contributed by atoms with Crippen molar-refractivity contribution in [2.24, 2.45) is 0 Å². The zero-order valence-electron chi connectivity index (χ0n) is 22.5. The first kappa shape index (κ1) is 33.7. The minimum atomic E-state index is -4.63. The number of aryl methyl sites for hydroxylation is 1. The van der Waals surface area contributed by atoms with Crippen LogP contribution in [-0.4, -0.2) is 40.4 Å². The van der Waals surface area contributed by atoms with Gasteiger partial charge in [-0.1, -0.05) is 76.1 Å². The van der Waals surface area contributed by atoms with E-state index in [-0.39, 0.29) is 44.0 Å². The molecule has 0 saturated carbocycles. The molecule has 5 N–H and O–H groups in total. The van der Waals surface area contributed by atoms with Crippen molar-refractivity contribution in [2.75, 3.05) is 19.8 Å². The zero-order valence-corrected chi connectivity index (χ0v) is 23.4. The van der Waals surface area contributed by atoms with Crippen LogP contribution in [0.5, 0.6) is 5.75 Å². The lowest BCUT2D eigenvalue weighted by atomic mass is 10.1. The molecule has 2 rings (SSSR count). The average molecular weight is 555 g/mol. The second-order valence-electron chi connectivity index (χ2n) is 9.24. The fourth-order valence-corrected chi connectivity index (χ4v) is 4.32. The number of carbonyl (C=O) groups is 1. The van der Waals surface area contributed by atoms with E-state index in [4.69, 9.17) is 14.5 Å². The van der Waals surface area contributed by atoms with Gasteiger partial charge < -0.3 is 25.6 Å². The van der Waals surface area contributed by atoms with Crippen LogP contribution in [0.15, 0.2) is 48.5 Å². The lowest BCUT2D eigenvalue weighted by Crippen LogP contribution is -2.33. The number of unbranched alkanes of at least 4 members (excludes halogenated alkanes) is 7. The van der Waals surface area contributed by atoms with Gasteiger partial charge in [-0.05, 0) is 48.2 Å². The summed E-state index contributed by atoms with van der Waals surface area (Å²) < 4.78 is 34.7. The summed E-state index contributed by atoms with van der Waals surface area (Å²) in [5, 5.41) is 0. The van der Waals surface area contributed by atoms with Crippen molar-refractivity contribution in [1.29, 1.82) is 0 Å². The van der Waals surface area contributed by atoms with Crippen molar-refractivity contribution in [3.8, 4) is 5.75 Å². The summed E-state index contributed by atoms with van der Waals surface area (Å²) in [5.41, 5.74) is 1.68. The van der Waals surface area contributed by atoms with Gasteiger partial charge in [0.25, 0.3) is 0 Å². The number of amides is 1. The molecule has 38 heavy (non-hydrogen) atoms. The van der Waals surface area contributed by atoms with Crippen molar-refractivity contribution >= 4 is 13.7 Å². The van der Waals surface area contributed by atoms with Gasteiger partial charge in [-0.25, -0.2) is 8.96 Å². The molecule has 10 heteroatoms. The highest BCUT2D eigenvalue weighted by Crippen LogP contribution is 2.35. The molecule has 214 valence electrons. The summed E-state index contributed by atoms with van der Waals surface area (Å²) >= 11 is 0. The van der Waals surface area contributed by atoms with Gasteiger partial charge in [0.15, 0.2) is 0 Å². The standard InChI is InChI=1S/C28H41FNO6P.H3N/c1-2-3-4-5-6-7-8-9-20-35-27-12-10-11-24(22-27)15-18-28(31)30(19-21-36-37(32,33)34)23-25-13-16-26(29)17-14-25;/h10-14,16-17,22H,2-9,15,18-21,23H2,1H3,(H2,32,33,34);1H3. The summed E-state index contributed by atoms with van der Waals surface area (Å²) in [5.74, 6) is 0.214. The Balaban J connectivity index is 0.00000722. The van der Waals surface area contributed by atoms with Crippen molar-refractivity contribution < 1.29 is 32.8 Å². The first-order valence-corrected chi connectivity index (χ1v) is 14.7. The Morgan fingerprint density at radius 1 is 0.921 bits per heavy atom. The summed E-state index contributed by atoms with van der Waals surface area (Å²) in [4.78, 5) is 32.3. The molecule has 0 bridgehead atoms. The monoisotopic (exact) mass is 554 g/mol. The number of hydrogen-bond donors (Lipinski definition) is 3. The average Bonchev–Trinajstić information content (AvgIpc) is 2.86. The van der Waals surface area contributed by atoms with Crippen LogP contribution in [0.4, 0.5) is 4.39 Å². The Morgan fingerprint density at radius 3 is 2.24 bits per heavy atom. The van der Waals surface area contributed by atoms with Gasteiger partial charge in [0.1, 0.15) is 11.6 Å². The van der Waals surface area contributed by atoms with Crippen LogP contribution in [0.1, 0.15) is 75.8 Å². The third-order valence-corrected chi connectivity index (χ3v) is 6.57. The van der Waals surface area contributed by atoms with E-state index in [1.54, 1.807) is 12.1 Å². The fourth-order valence-electron chi connectivity index (χ4n) is 4.00. The molecular formula is C28H44FN2O6P. The van der Waals surface area contributed by atoms with Crippen LogP contribution in [0.3, 0.4) is 0 Å². The smallest absolute Gasteiger partial charge is 0.469 e. The van der Waals surface area contributed by atoms with Gasteiger partial charge in [-0.15, -0.1) is 0 Å². The fraction of sp³-hybridized carbons (Fsp3) is 0.536. The number of carbonyl (C=O) groups excluding carboxylic acids is 1. The summed E-state index contributed by atoms with van der Waals surface area (Å²) in [6.45, 7) is 2.78. The van der Waals surface area contributed by atoms with Crippen molar-refractivity contribution in [3.63, 3.8) is 0 Å². The van der Waals surface area contributed by atoms with Gasteiger partial charge in [-0.3, -0.25) is 9.32 Å². The number of hydrogen-bond acceptors (Lipinski definition) is 5. The van der Waals surface area contributed by atoms with Crippen LogP contribution in [0.25, 0.3) is 0 Å². The molecule has 0 unspecified atom stereocenters. The number of ether oxygens (including phenoxy) is 1. The quantitative estimate of drug-likeness (QED) is 0.132. The number of phosphoric acid groups is 1. The molecule has 0 saturated heterocycles. The molecule has 0 fully saturated rings. The topological polar surface area (TPSA) is 131 Å². The highest BCUT2D eigenvalue weighted by atomic mass is 31.2. The molecule has 0 aliphatic heterocycles. The van der Waals surface area contributed by atoms with Crippen LogP contribution in [0.2, 0.25) is 0 Å². The summed E-state index contributed by atoms with van der Waals surface area (Å²) in [6, 6.07) is 13.5. The predicted octanol–water partition coefficient (Wildman–Crippen LogP) is 6.58. The molecule has 2 aromatic carbocycles.